The zero-order chi connectivity index (χ0) is 20.4. The number of benzene rings is 2. The van der Waals surface area contributed by atoms with Crippen LogP contribution in [-0.4, -0.2) is 60.8 Å². The Kier molecular flexibility index (Phi) is 5.65. The Bertz CT molecular complexity index is 1020. The van der Waals surface area contributed by atoms with Crippen molar-refractivity contribution in [3.05, 3.63) is 65.7 Å². The first-order valence-electron chi connectivity index (χ1n) is 9.40. The summed E-state index contributed by atoms with van der Waals surface area (Å²) in [6.45, 7) is 0.627. The molecule has 2 aromatic carbocycles. The Morgan fingerprint density at radius 3 is 2.55 bits per heavy atom. The van der Waals surface area contributed by atoms with E-state index in [-0.39, 0.29) is 28.7 Å². The average Bonchev–Trinajstić information content (AvgIpc) is 3.18. The molecule has 2 fully saturated rings. The third kappa shape index (κ3) is 4.48. The van der Waals surface area contributed by atoms with Crippen LogP contribution in [-0.2, 0) is 16.3 Å². The Balaban J connectivity index is 1.56. The molecular weight excluding hydrogens is 408 g/mol. The van der Waals surface area contributed by atoms with E-state index in [0.29, 0.717) is 23.0 Å². The molecule has 0 aromatic heterocycles. The molecule has 0 radical (unpaired) electrons. The number of fused-ring (bicyclic) bond motifs is 1. The summed E-state index contributed by atoms with van der Waals surface area (Å²) in [6, 6.07) is 16.7. The van der Waals surface area contributed by atoms with E-state index < -0.39 is 9.84 Å². The number of carbonyl (C=O) groups is 1. The quantitative estimate of drug-likeness (QED) is 0.726. The summed E-state index contributed by atoms with van der Waals surface area (Å²) < 4.78 is 29.4. The van der Waals surface area contributed by atoms with E-state index in [1.54, 1.807) is 31.4 Å². The van der Waals surface area contributed by atoms with Crippen LogP contribution in [0.4, 0.5) is 0 Å². The minimum absolute atomic E-state index is 0.0711. The van der Waals surface area contributed by atoms with Gasteiger partial charge in [-0.2, -0.15) is 4.99 Å². The summed E-state index contributed by atoms with van der Waals surface area (Å²) in [5, 5.41) is 0.546. The van der Waals surface area contributed by atoms with E-state index in [1.165, 1.54) is 17.3 Å². The maximum Gasteiger partial charge on any atom is 0.279 e. The van der Waals surface area contributed by atoms with Gasteiger partial charge >= 0.3 is 0 Å². The normalized spacial score (nSPS) is 23.9. The summed E-state index contributed by atoms with van der Waals surface area (Å²) in [4.78, 5) is 19.0. The number of carbonyl (C=O) groups excluding carboxylic acids is 1. The minimum Gasteiger partial charge on any atom is -0.497 e. The molecule has 0 unspecified atom stereocenters. The Morgan fingerprint density at radius 1 is 1.14 bits per heavy atom. The smallest absolute Gasteiger partial charge is 0.279 e. The lowest BCUT2D eigenvalue weighted by Crippen LogP contribution is -2.39. The SMILES string of the molecule is COc1ccc(C(=O)N=C2S[C@H]3CS(=O)(=O)C[C@H]3N2CCc2ccccc2)cc1. The van der Waals surface area contributed by atoms with Crippen LogP contribution in [0.2, 0.25) is 0 Å². The van der Waals surface area contributed by atoms with Crippen molar-refractivity contribution < 1.29 is 17.9 Å². The lowest BCUT2D eigenvalue weighted by Gasteiger charge is -2.24. The highest BCUT2D eigenvalue weighted by Crippen LogP contribution is 2.38. The molecule has 2 saturated heterocycles. The van der Waals surface area contributed by atoms with Crippen LogP contribution in [0.15, 0.2) is 59.6 Å². The van der Waals surface area contributed by atoms with Gasteiger partial charge in [-0.15, -0.1) is 0 Å². The Hall–Kier alpha value is -2.32. The van der Waals surface area contributed by atoms with E-state index in [1.807, 2.05) is 35.2 Å². The molecule has 152 valence electrons. The number of nitrogens with zero attached hydrogens (tertiary/aromatic N) is 2. The Labute approximate surface area is 174 Å². The van der Waals surface area contributed by atoms with E-state index in [9.17, 15) is 13.2 Å². The van der Waals surface area contributed by atoms with Crippen LogP contribution in [0.1, 0.15) is 15.9 Å². The highest BCUT2D eigenvalue weighted by molar-refractivity contribution is 8.15. The molecule has 0 aliphatic carbocycles. The molecule has 29 heavy (non-hydrogen) atoms. The van der Waals surface area contributed by atoms with Crippen molar-refractivity contribution in [3.63, 3.8) is 0 Å². The Morgan fingerprint density at radius 2 is 1.86 bits per heavy atom. The molecule has 6 nitrogen and oxygen atoms in total. The standard InChI is InChI=1S/C21H22N2O4S2/c1-27-17-9-7-16(8-10-17)20(24)22-21-23(12-11-15-5-3-2-4-6-15)18-13-29(25,26)14-19(18)28-21/h2-10,18-19H,11-14H2,1H3/t18-,19+/m1/s1. The number of thioether (sulfide) groups is 1. The second kappa shape index (κ2) is 8.20. The van der Waals surface area contributed by atoms with Gasteiger partial charge < -0.3 is 9.64 Å². The molecule has 2 aromatic rings. The third-order valence-electron chi connectivity index (χ3n) is 5.19. The number of hydrogen-bond acceptors (Lipinski definition) is 5. The van der Waals surface area contributed by atoms with E-state index in [2.05, 4.69) is 4.99 Å². The van der Waals surface area contributed by atoms with Crippen LogP contribution >= 0.6 is 11.8 Å². The van der Waals surface area contributed by atoms with E-state index in [0.717, 1.165) is 6.42 Å². The van der Waals surface area contributed by atoms with E-state index >= 15 is 0 Å². The molecule has 2 atom stereocenters. The highest BCUT2D eigenvalue weighted by atomic mass is 32.2. The minimum atomic E-state index is -3.05. The van der Waals surface area contributed by atoms with Crippen molar-refractivity contribution in [2.45, 2.75) is 17.7 Å². The van der Waals surface area contributed by atoms with Gasteiger partial charge in [-0.25, -0.2) is 8.42 Å². The number of hydrogen-bond donors (Lipinski definition) is 0. The monoisotopic (exact) mass is 430 g/mol. The van der Waals surface area contributed by atoms with Gasteiger partial charge in [0.2, 0.25) is 0 Å². The van der Waals surface area contributed by atoms with Crippen LogP contribution in [0.5, 0.6) is 5.75 Å². The fourth-order valence-corrected chi connectivity index (χ4v) is 7.65. The summed E-state index contributed by atoms with van der Waals surface area (Å²) in [7, 11) is -1.48. The lowest BCUT2D eigenvalue weighted by atomic mass is 10.1. The summed E-state index contributed by atoms with van der Waals surface area (Å²) in [6.07, 6.45) is 0.764. The van der Waals surface area contributed by atoms with Gasteiger partial charge in [0.25, 0.3) is 5.91 Å². The van der Waals surface area contributed by atoms with Crippen molar-refractivity contribution in [3.8, 4) is 5.75 Å². The van der Waals surface area contributed by atoms with Crippen molar-refractivity contribution in [1.29, 1.82) is 0 Å². The summed E-state index contributed by atoms with van der Waals surface area (Å²) in [5.41, 5.74) is 1.65. The molecule has 0 bridgehead atoms. The number of rotatable bonds is 5. The molecule has 4 rings (SSSR count). The molecule has 0 saturated carbocycles. The largest absolute Gasteiger partial charge is 0.497 e. The average molecular weight is 431 g/mol. The second-order valence-corrected chi connectivity index (χ2v) is 10.5. The zero-order valence-corrected chi connectivity index (χ0v) is 17.7. The zero-order valence-electron chi connectivity index (χ0n) is 16.0. The van der Waals surface area contributed by atoms with Gasteiger partial charge in [-0.3, -0.25) is 4.79 Å². The van der Waals surface area contributed by atoms with Crippen molar-refractivity contribution in [2.24, 2.45) is 4.99 Å². The van der Waals surface area contributed by atoms with Gasteiger partial charge in [-0.05, 0) is 36.2 Å². The van der Waals surface area contributed by atoms with Crippen molar-refractivity contribution in [1.82, 2.24) is 4.90 Å². The molecule has 2 aliphatic rings. The van der Waals surface area contributed by atoms with Gasteiger partial charge in [0.1, 0.15) is 5.75 Å². The number of aliphatic imine (C=N–C) groups is 1. The topological polar surface area (TPSA) is 76.0 Å². The molecule has 1 amide bonds. The fraction of sp³-hybridized carbons (Fsp3) is 0.333. The van der Waals surface area contributed by atoms with Gasteiger partial charge in [0.05, 0.1) is 24.7 Å². The molecular formula is C21H22N2O4S2. The fourth-order valence-electron chi connectivity index (χ4n) is 3.68. The maximum absolute atomic E-state index is 12.7. The summed E-state index contributed by atoms with van der Waals surface area (Å²) >= 11 is 1.41. The number of amidine groups is 1. The molecule has 2 aliphatic heterocycles. The number of methoxy groups -OCH3 is 1. The molecule has 0 spiro atoms. The molecule has 0 N–H and O–H groups in total. The number of ether oxygens (including phenoxy) is 1. The predicted molar refractivity (Wildman–Crippen MR) is 115 cm³/mol. The van der Waals surface area contributed by atoms with Gasteiger partial charge in [-0.1, -0.05) is 42.1 Å². The lowest BCUT2D eigenvalue weighted by molar-refractivity contribution is 0.100. The van der Waals surface area contributed by atoms with Crippen molar-refractivity contribution >= 4 is 32.7 Å². The first-order valence-corrected chi connectivity index (χ1v) is 12.1. The molecule has 2 heterocycles. The van der Waals surface area contributed by atoms with Crippen LogP contribution in [0.3, 0.4) is 0 Å². The predicted octanol–water partition coefficient (Wildman–Crippen LogP) is 2.65. The first-order chi connectivity index (χ1) is 13.9. The number of sulfone groups is 1. The van der Waals surface area contributed by atoms with E-state index in [4.69, 9.17) is 4.74 Å². The maximum atomic E-state index is 12.7. The third-order valence-corrected chi connectivity index (χ3v) is 8.44. The van der Waals surface area contributed by atoms with Crippen LogP contribution < -0.4 is 4.74 Å². The van der Waals surface area contributed by atoms with Gasteiger partial charge in [0.15, 0.2) is 15.0 Å². The van der Waals surface area contributed by atoms with Crippen molar-refractivity contribution in [2.75, 3.05) is 25.2 Å². The van der Waals surface area contributed by atoms with Crippen LogP contribution in [0, 0.1) is 0 Å². The van der Waals surface area contributed by atoms with Crippen LogP contribution in [0.25, 0.3) is 0 Å². The number of amides is 1. The first kappa shape index (κ1) is 20.0. The summed E-state index contributed by atoms with van der Waals surface area (Å²) in [5.74, 6) is 0.603. The highest BCUT2D eigenvalue weighted by Gasteiger charge is 2.48. The van der Waals surface area contributed by atoms with Gasteiger partial charge in [0, 0.05) is 17.4 Å². The second-order valence-electron chi connectivity index (χ2n) is 7.16. The molecule has 8 heteroatoms.